The fraction of sp³-hybridized carbons (Fsp3) is 0.294. The molecule has 0 bridgehead atoms. The molecule has 0 saturated carbocycles. The van der Waals surface area contributed by atoms with E-state index in [1.54, 1.807) is 19.2 Å². The minimum absolute atomic E-state index is 0.278. The molecule has 2 aromatic rings. The molecule has 0 saturated heterocycles. The van der Waals surface area contributed by atoms with Crippen LogP contribution >= 0.6 is 11.6 Å². The number of aryl methyl sites for hydroxylation is 2. The monoisotopic (exact) mass is 309 g/mol. The Hall–Kier alpha value is -1.45. The minimum atomic E-state index is -0.368. The van der Waals surface area contributed by atoms with Gasteiger partial charge in [-0.05, 0) is 56.6 Å². The van der Waals surface area contributed by atoms with Crippen LogP contribution in [-0.2, 0) is 6.42 Å². The number of hydrogen-bond donors (Lipinski definition) is 1. The molecular weight excluding hydrogens is 292 g/mol. The van der Waals surface area contributed by atoms with Crippen LogP contribution in [-0.4, -0.2) is 7.05 Å². The quantitative estimate of drug-likeness (QED) is 0.860. The van der Waals surface area contributed by atoms with Crippen LogP contribution in [0.25, 0.3) is 0 Å². The van der Waals surface area contributed by atoms with Crippen LogP contribution in [0.5, 0.6) is 0 Å². The van der Waals surface area contributed by atoms with E-state index in [4.69, 9.17) is 11.6 Å². The lowest BCUT2D eigenvalue weighted by Crippen LogP contribution is -2.22. The number of hydrogen-bond acceptors (Lipinski definition) is 1. The average Bonchev–Trinajstić information content (AvgIpc) is 2.39. The van der Waals surface area contributed by atoms with Crippen molar-refractivity contribution in [2.75, 3.05) is 7.05 Å². The summed E-state index contributed by atoms with van der Waals surface area (Å²) >= 11 is 6.06. The van der Waals surface area contributed by atoms with E-state index in [9.17, 15) is 8.78 Å². The Balaban J connectivity index is 2.42. The van der Waals surface area contributed by atoms with Gasteiger partial charge in [0.05, 0.1) is 0 Å². The number of benzene rings is 2. The first kappa shape index (κ1) is 15.9. The highest BCUT2D eigenvalue weighted by Crippen LogP contribution is 2.29. The molecular formula is C17H18ClF2N. The molecule has 0 spiro atoms. The molecule has 0 amide bonds. The molecule has 0 fully saturated rings. The fourth-order valence-electron chi connectivity index (χ4n) is 2.65. The zero-order valence-corrected chi connectivity index (χ0v) is 13.1. The molecule has 1 nitrogen and oxygen atoms in total. The van der Waals surface area contributed by atoms with Crippen LogP contribution in [0.2, 0.25) is 5.02 Å². The molecule has 1 unspecified atom stereocenters. The maximum Gasteiger partial charge on any atom is 0.128 e. The van der Waals surface area contributed by atoms with Crippen molar-refractivity contribution in [1.82, 2.24) is 5.32 Å². The lowest BCUT2D eigenvalue weighted by Gasteiger charge is -2.21. The maximum atomic E-state index is 14.3. The maximum absolute atomic E-state index is 14.3. The highest BCUT2D eigenvalue weighted by Gasteiger charge is 2.20. The van der Waals surface area contributed by atoms with Crippen LogP contribution in [0.4, 0.5) is 8.78 Å². The third kappa shape index (κ3) is 3.42. The Morgan fingerprint density at radius 1 is 1.14 bits per heavy atom. The summed E-state index contributed by atoms with van der Waals surface area (Å²) in [4.78, 5) is 0. The molecule has 0 aliphatic carbocycles. The van der Waals surface area contributed by atoms with Gasteiger partial charge in [0.2, 0.25) is 0 Å². The molecule has 0 aliphatic heterocycles. The van der Waals surface area contributed by atoms with Gasteiger partial charge in [0.25, 0.3) is 0 Å². The third-order valence-electron chi connectivity index (χ3n) is 3.65. The molecule has 1 N–H and O–H groups in total. The number of rotatable bonds is 4. The topological polar surface area (TPSA) is 12.0 Å². The highest BCUT2D eigenvalue weighted by atomic mass is 35.5. The molecule has 0 heterocycles. The van der Waals surface area contributed by atoms with Gasteiger partial charge in [-0.25, -0.2) is 8.78 Å². The van der Waals surface area contributed by atoms with Gasteiger partial charge >= 0.3 is 0 Å². The van der Waals surface area contributed by atoms with E-state index in [1.807, 2.05) is 19.9 Å². The Kier molecular flexibility index (Phi) is 4.96. The van der Waals surface area contributed by atoms with Gasteiger partial charge in [-0.3, -0.25) is 0 Å². The summed E-state index contributed by atoms with van der Waals surface area (Å²) < 4.78 is 28.2. The molecule has 0 radical (unpaired) electrons. The van der Waals surface area contributed by atoms with Crippen LogP contribution in [0.3, 0.4) is 0 Å². The van der Waals surface area contributed by atoms with Gasteiger partial charge in [0, 0.05) is 22.2 Å². The van der Waals surface area contributed by atoms with Crippen molar-refractivity contribution in [3.8, 4) is 0 Å². The predicted octanol–water partition coefficient (Wildman–Crippen LogP) is 4.74. The zero-order chi connectivity index (χ0) is 15.6. The fourth-order valence-corrected chi connectivity index (χ4v) is 2.89. The van der Waals surface area contributed by atoms with Crippen LogP contribution in [0, 0.1) is 25.5 Å². The Labute approximate surface area is 128 Å². The van der Waals surface area contributed by atoms with Gasteiger partial charge in [-0.15, -0.1) is 0 Å². The van der Waals surface area contributed by atoms with Crippen molar-refractivity contribution in [2.24, 2.45) is 0 Å². The first-order valence-electron chi connectivity index (χ1n) is 6.80. The lowest BCUT2D eigenvalue weighted by molar-refractivity contribution is 0.516. The minimum Gasteiger partial charge on any atom is -0.313 e. The van der Waals surface area contributed by atoms with Gasteiger partial charge < -0.3 is 5.32 Å². The summed E-state index contributed by atoms with van der Waals surface area (Å²) in [6, 6.07) is 7.66. The molecule has 1 atom stereocenters. The van der Waals surface area contributed by atoms with E-state index in [1.165, 1.54) is 12.1 Å². The van der Waals surface area contributed by atoms with Crippen molar-refractivity contribution in [3.05, 3.63) is 69.2 Å². The van der Waals surface area contributed by atoms with Crippen LogP contribution < -0.4 is 5.32 Å². The molecule has 0 aliphatic rings. The van der Waals surface area contributed by atoms with Crippen LogP contribution in [0.1, 0.15) is 28.3 Å². The van der Waals surface area contributed by atoms with E-state index in [2.05, 4.69) is 5.32 Å². The first-order valence-corrected chi connectivity index (χ1v) is 7.18. The first-order chi connectivity index (χ1) is 9.93. The second-order valence-corrected chi connectivity index (χ2v) is 5.63. The zero-order valence-electron chi connectivity index (χ0n) is 12.3. The lowest BCUT2D eigenvalue weighted by atomic mass is 9.93. The SMILES string of the molecule is CNC(Cc1c(F)cccc1Cl)c1c(C)cc(C)cc1F. The molecule has 2 aromatic carbocycles. The summed E-state index contributed by atoms with van der Waals surface area (Å²) in [5, 5.41) is 3.42. The van der Waals surface area contributed by atoms with Gasteiger partial charge in [-0.1, -0.05) is 23.7 Å². The smallest absolute Gasteiger partial charge is 0.128 e. The average molecular weight is 310 g/mol. The molecule has 0 aromatic heterocycles. The predicted molar refractivity (Wildman–Crippen MR) is 82.8 cm³/mol. The Bertz CT molecular complexity index is 612. The summed E-state index contributed by atoms with van der Waals surface area (Å²) in [6.45, 7) is 3.71. The summed E-state index contributed by atoms with van der Waals surface area (Å²) in [6.07, 6.45) is 0.294. The van der Waals surface area contributed by atoms with Crippen molar-refractivity contribution in [3.63, 3.8) is 0 Å². The van der Waals surface area contributed by atoms with Crippen LogP contribution in [0.15, 0.2) is 30.3 Å². The number of likely N-dealkylation sites (N-methyl/N-ethyl adjacent to an activating group) is 1. The van der Waals surface area contributed by atoms with E-state index in [-0.39, 0.29) is 17.7 Å². The normalized spacial score (nSPS) is 12.5. The second-order valence-electron chi connectivity index (χ2n) is 5.22. The Morgan fingerprint density at radius 3 is 2.43 bits per heavy atom. The largest absolute Gasteiger partial charge is 0.313 e. The highest BCUT2D eigenvalue weighted by molar-refractivity contribution is 6.31. The standard InChI is InChI=1S/C17H18ClF2N/c1-10-7-11(2)17(15(20)8-10)16(21-3)9-12-13(18)5-4-6-14(12)19/h4-8,16,21H,9H2,1-3H3. The van der Waals surface area contributed by atoms with Gasteiger partial charge in [0.1, 0.15) is 11.6 Å². The van der Waals surface area contributed by atoms with Crippen molar-refractivity contribution < 1.29 is 8.78 Å². The third-order valence-corrected chi connectivity index (χ3v) is 4.00. The molecule has 112 valence electrons. The molecule has 2 rings (SSSR count). The van der Waals surface area contributed by atoms with E-state index >= 15 is 0 Å². The van der Waals surface area contributed by atoms with Gasteiger partial charge in [-0.2, -0.15) is 0 Å². The Morgan fingerprint density at radius 2 is 1.86 bits per heavy atom. The summed E-state index contributed by atoms with van der Waals surface area (Å²) in [5.74, 6) is -0.646. The van der Waals surface area contributed by atoms with E-state index in [0.29, 0.717) is 22.6 Å². The van der Waals surface area contributed by atoms with Gasteiger partial charge in [0.15, 0.2) is 0 Å². The second kappa shape index (κ2) is 6.54. The summed E-state index contributed by atoms with van der Waals surface area (Å²) in [7, 11) is 1.73. The van der Waals surface area contributed by atoms with Crippen molar-refractivity contribution in [1.29, 1.82) is 0 Å². The number of nitrogens with one attached hydrogen (secondary N) is 1. The van der Waals surface area contributed by atoms with Crippen molar-refractivity contribution in [2.45, 2.75) is 26.3 Å². The molecule has 4 heteroatoms. The molecule has 21 heavy (non-hydrogen) atoms. The summed E-state index contributed by atoms with van der Waals surface area (Å²) in [5.41, 5.74) is 2.67. The number of halogens is 3. The van der Waals surface area contributed by atoms with Crippen molar-refractivity contribution >= 4 is 11.6 Å². The van der Waals surface area contributed by atoms with E-state index in [0.717, 1.165) is 11.1 Å². The van der Waals surface area contributed by atoms with E-state index < -0.39 is 0 Å².